The fourth-order valence-electron chi connectivity index (χ4n) is 3.37. The van der Waals surface area contributed by atoms with Gasteiger partial charge in [-0.05, 0) is 37.7 Å². The summed E-state index contributed by atoms with van der Waals surface area (Å²) in [5, 5.41) is 0. The van der Waals surface area contributed by atoms with Crippen LogP contribution in [0.2, 0.25) is 0 Å². The van der Waals surface area contributed by atoms with Gasteiger partial charge in [0, 0.05) is 18.8 Å². The van der Waals surface area contributed by atoms with E-state index in [1.54, 1.807) is 12.3 Å². The molecule has 1 aliphatic carbocycles. The lowest BCUT2D eigenvalue weighted by Crippen LogP contribution is -2.35. The van der Waals surface area contributed by atoms with E-state index < -0.39 is 0 Å². The summed E-state index contributed by atoms with van der Waals surface area (Å²) in [6.45, 7) is 1.09. The number of hydrogen-bond donors (Lipinski definition) is 1. The Kier molecular flexibility index (Phi) is 2.87. The quantitative estimate of drug-likeness (QED) is 0.849. The maximum absolute atomic E-state index is 5.75. The molecule has 0 radical (unpaired) electrons. The lowest BCUT2D eigenvalue weighted by atomic mass is 9.96. The van der Waals surface area contributed by atoms with E-state index in [9.17, 15) is 0 Å². The molecule has 2 heterocycles. The number of nitrogen functional groups attached to an aromatic ring is 1. The van der Waals surface area contributed by atoms with Gasteiger partial charge < -0.3 is 10.6 Å². The summed E-state index contributed by atoms with van der Waals surface area (Å²) < 4.78 is 0. The summed E-state index contributed by atoms with van der Waals surface area (Å²) >= 11 is 0. The van der Waals surface area contributed by atoms with Crippen LogP contribution in [0.15, 0.2) is 12.3 Å². The first-order valence-corrected chi connectivity index (χ1v) is 6.70. The van der Waals surface area contributed by atoms with Gasteiger partial charge in [0.25, 0.3) is 0 Å². The van der Waals surface area contributed by atoms with Crippen molar-refractivity contribution in [3.8, 4) is 0 Å². The van der Waals surface area contributed by atoms with Crippen LogP contribution in [0.25, 0.3) is 0 Å². The fraction of sp³-hybridized carbons (Fsp3) is 0.692. The number of nitrogens with zero attached hydrogens (tertiary/aromatic N) is 3. The molecule has 0 bridgehead atoms. The maximum Gasteiger partial charge on any atom is 0.227 e. The summed E-state index contributed by atoms with van der Waals surface area (Å²) in [7, 11) is 0. The van der Waals surface area contributed by atoms with E-state index in [0.717, 1.165) is 18.4 Å². The number of anilines is 2. The lowest BCUT2D eigenvalue weighted by molar-refractivity contribution is 0.427. The van der Waals surface area contributed by atoms with Crippen molar-refractivity contribution >= 4 is 11.8 Å². The van der Waals surface area contributed by atoms with E-state index in [0.29, 0.717) is 11.9 Å². The van der Waals surface area contributed by atoms with E-state index in [4.69, 9.17) is 5.73 Å². The standard InChI is InChI=1S/C13H20N4/c14-12-7-8-15-13(16-12)17-9-3-6-11(17)10-4-1-2-5-10/h7-8,10-11H,1-6,9H2,(H2,14,15,16). The third kappa shape index (κ3) is 2.08. The molecule has 1 aliphatic heterocycles. The van der Waals surface area contributed by atoms with Crippen LogP contribution in [0, 0.1) is 5.92 Å². The lowest BCUT2D eigenvalue weighted by Gasteiger charge is -2.29. The van der Waals surface area contributed by atoms with Crippen LogP contribution in [0.3, 0.4) is 0 Å². The predicted octanol–water partition coefficient (Wildman–Crippen LogP) is 2.22. The molecule has 1 atom stereocenters. The van der Waals surface area contributed by atoms with Crippen LogP contribution in [0.4, 0.5) is 11.8 Å². The van der Waals surface area contributed by atoms with Gasteiger partial charge >= 0.3 is 0 Å². The number of rotatable bonds is 2. The highest BCUT2D eigenvalue weighted by molar-refractivity contribution is 5.40. The third-order valence-electron chi connectivity index (χ3n) is 4.16. The van der Waals surface area contributed by atoms with E-state index in [1.165, 1.54) is 38.5 Å². The Bertz CT molecular complexity index is 387. The zero-order chi connectivity index (χ0) is 11.7. The first-order valence-electron chi connectivity index (χ1n) is 6.70. The molecule has 1 unspecified atom stereocenters. The van der Waals surface area contributed by atoms with Gasteiger partial charge in [-0.1, -0.05) is 12.8 Å². The van der Waals surface area contributed by atoms with Crippen molar-refractivity contribution in [3.05, 3.63) is 12.3 Å². The second-order valence-electron chi connectivity index (χ2n) is 5.23. The average molecular weight is 232 g/mol. The summed E-state index contributed by atoms with van der Waals surface area (Å²) in [4.78, 5) is 11.1. The number of nitrogens with two attached hydrogens (primary N) is 1. The maximum atomic E-state index is 5.75. The highest BCUT2D eigenvalue weighted by Crippen LogP contribution is 2.36. The highest BCUT2D eigenvalue weighted by Gasteiger charge is 2.34. The molecule has 4 nitrogen and oxygen atoms in total. The normalized spacial score (nSPS) is 25.6. The molecule has 1 aromatic heterocycles. The van der Waals surface area contributed by atoms with Gasteiger partial charge in [-0.3, -0.25) is 0 Å². The second kappa shape index (κ2) is 4.51. The van der Waals surface area contributed by atoms with E-state index in [1.807, 2.05) is 0 Å². The van der Waals surface area contributed by atoms with Gasteiger partial charge in [0.15, 0.2) is 0 Å². The van der Waals surface area contributed by atoms with Gasteiger partial charge in [-0.25, -0.2) is 4.98 Å². The minimum atomic E-state index is 0.576. The molecule has 2 fully saturated rings. The van der Waals surface area contributed by atoms with Crippen LogP contribution in [0.1, 0.15) is 38.5 Å². The molecule has 17 heavy (non-hydrogen) atoms. The minimum Gasteiger partial charge on any atom is -0.384 e. The molecule has 3 rings (SSSR count). The molecular weight excluding hydrogens is 212 g/mol. The summed E-state index contributed by atoms with van der Waals surface area (Å²) in [6.07, 6.45) is 9.87. The van der Waals surface area contributed by atoms with Crippen molar-refractivity contribution < 1.29 is 0 Å². The van der Waals surface area contributed by atoms with Crippen molar-refractivity contribution in [1.82, 2.24) is 9.97 Å². The predicted molar refractivity (Wildman–Crippen MR) is 68.8 cm³/mol. The summed E-state index contributed by atoms with van der Waals surface area (Å²) in [5.74, 6) is 2.26. The van der Waals surface area contributed by atoms with Crippen LogP contribution in [-0.4, -0.2) is 22.6 Å². The third-order valence-corrected chi connectivity index (χ3v) is 4.16. The van der Waals surface area contributed by atoms with Gasteiger partial charge in [0.05, 0.1) is 0 Å². The van der Waals surface area contributed by atoms with Crippen molar-refractivity contribution in [2.75, 3.05) is 17.2 Å². The second-order valence-corrected chi connectivity index (χ2v) is 5.23. The summed E-state index contributed by atoms with van der Waals surface area (Å²) in [5.41, 5.74) is 5.75. The number of aromatic nitrogens is 2. The molecule has 2 N–H and O–H groups in total. The van der Waals surface area contributed by atoms with Gasteiger partial charge in [0.2, 0.25) is 5.95 Å². The van der Waals surface area contributed by atoms with Gasteiger partial charge in [-0.2, -0.15) is 4.98 Å². The molecule has 92 valence electrons. The van der Waals surface area contributed by atoms with Crippen molar-refractivity contribution in [2.45, 2.75) is 44.6 Å². The number of hydrogen-bond acceptors (Lipinski definition) is 4. The topological polar surface area (TPSA) is 55.0 Å². The monoisotopic (exact) mass is 232 g/mol. The molecule has 1 saturated heterocycles. The van der Waals surface area contributed by atoms with Gasteiger partial charge in [-0.15, -0.1) is 0 Å². The van der Waals surface area contributed by atoms with E-state index >= 15 is 0 Å². The minimum absolute atomic E-state index is 0.576. The molecule has 1 aromatic rings. The Hall–Kier alpha value is -1.32. The summed E-state index contributed by atoms with van der Waals surface area (Å²) in [6, 6.07) is 2.41. The molecule has 0 amide bonds. The Morgan fingerprint density at radius 1 is 1.18 bits per heavy atom. The molecular formula is C13H20N4. The van der Waals surface area contributed by atoms with E-state index in [2.05, 4.69) is 14.9 Å². The van der Waals surface area contributed by atoms with Crippen molar-refractivity contribution in [1.29, 1.82) is 0 Å². The Morgan fingerprint density at radius 3 is 2.76 bits per heavy atom. The largest absolute Gasteiger partial charge is 0.384 e. The Morgan fingerprint density at radius 2 is 2.00 bits per heavy atom. The van der Waals surface area contributed by atoms with Crippen LogP contribution >= 0.6 is 0 Å². The molecule has 1 saturated carbocycles. The SMILES string of the molecule is Nc1ccnc(N2CCCC2C2CCCC2)n1. The van der Waals surface area contributed by atoms with Crippen molar-refractivity contribution in [3.63, 3.8) is 0 Å². The average Bonchev–Trinajstić information content (AvgIpc) is 3.00. The smallest absolute Gasteiger partial charge is 0.227 e. The first kappa shape index (κ1) is 10.8. The van der Waals surface area contributed by atoms with E-state index in [-0.39, 0.29) is 0 Å². The van der Waals surface area contributed by atoms with Crippen LogP contribution in [0.5, 0.6) is 0 Å². The molecule has 0 spiro atoms. The van der Waals surface area contributed by atoms with Gasteiger partial charge in [0.1, 0.15) is 5.82 Å². The Labute approximate surface area is 102 Å². The van der Waals surface area contributed by atoms with Crippen molar-refractivity contribution in [2.24, 2.45) is 5.92 Å². The Balaban J connectivity index is 1.81. The molecule has 4 heteroatoms. The fourth-order valence-corrected chi connectivity index (χ4v) is 3.37. The zero-order valence-corrected chi connectivity index (χ0v) is 10.2. The molecule has 2 aliphatic rings. The first-order chi connectivity index (χ1) is 8.34. The highest BCUT2D eigenvalue weighted by atomic mass is 15.3. The van der Waals surface area contributed by atoms with Crippen LogP contribution in [-0.2, 0) is 0 Å². The van der Waals surface area contributed by atoms with Crippen LogP contribution < -0.4 is 10.6 Å². The molecule has 0 aromatic carbocycles. The zero-order valence-electron chi connectivity index (χ0n) is 10.2.